The lowest BCUT2D eigenvalue weighted by Crippen LogP contribution is -2.16. The fraction of sp³-hybridized carbons (Fsp3) is 0.583. The van der Waals surface area contributed by atoms with Gasteiger partial charge in [-0.05, 0) is 19.9 Å². The van der Waals surface area contributed by atoms with Crippen molar-refractivity contribution in [1.82, 2.24) is 30.3 Å². The van der Waals surface area contributed by atoms with E-state index in [-0.39, 0.29) is 0 Å². The molecular formula is C12H20N6O. The lowest BCUT2D eigenvalue weighted by atomic mass is 10.2. The molecule has 2 heterocycles. The van der Waals surface area contributed by atoms with E-state index in [1.165, 1.54) is 6.33 Å². The molecule has 2 N–H and O–H groups in total. The van der Waals surface area contributed by atoms with Crippen LogP contribution in [0.15, 0.2) is 6.33 Å². The topological polar surface area (TPSA) is 80.7 Å². The number of ether oxygens (including phenoxy) is 1. The monoisotopic (exact) mass is 264 g/mol. The Balaban J connectivity index is 1.76. The number of H-pyrrole nitrogens is 1. The Morgan fingerprint density at radius 2 is 2.32 bits per heavy atom. The van der Waals surface area contributed by atoms with Gasteiger partial charge in [-0.25, -0.2) is 9.67 Å². The zero-order valence-corrected chi connectivity index (χ0v) is 11.6. The predicted molar refractivity (Wildman–Crippen MR) is 70.9 cm³/mol. The molecule has 0 aliphatic carbocycles. The van der Waals surface area contributed by atoms with E-state index in [0.29, 0.717) is 0 Å². The highest BCUT2D eigenvalue weighted by Crippen LogP contribution is 2.20. The zero-order valence-electron chi connectivity index (χ0n) is 11.6. The Bertz CT molecular complexity index is 505. The Morgan fingerprint density at radius 3 is 3.00 bits per heavy atom. The summed E-state index contributed by atoms with van der Waals surface area (Å²) in [7, 11) is 3.56. The molecule has 0 bridgehead atoms. The molecule has 0 fully saturated rings. The quantitative estimate of drug-likeness (QED) is 0.715. The summed E-state index contributed by atoms with van der Waals surface area (Å²) in [4.78, 5) is 4.09. The summed E-state index contributed by atoms with van der Waals surface area (Å²) in [6, 6.07) is 0. The molecule has 2 aromatic rings. The third-order valence-electron chi connectivity index (χ3n) is 3.02. The number of aromatic nitrogens is 5. The van der Waals surface area contributed by atoms with Crippen LogP contribution in [-0.4, -0.2) is 38.6 Å². The summed E-state index contributed by atoms with van der Waals surface area (Å²) in [5.74, 6) is 1.75. The minimum Gasteiger partial charge on any atom is -0.481 e. The average Bonchev–Trinajstić information content (AvgIpc) is 2.98. The van der Waals surface area contributed by atoms with Crippen molar-refractivity contribution in [1.29, 1.82) is 0 Å². The number of hydrogen-bond donors (Lipinski definition) is 2. The van der Waals surface area contributed by atoms with Gasteiger partial charge in [0.1, 0.15) is 12.2 Å². The molecule has 0 unspecified atom stereocenters. The molecule has 2 aromatic heterocycles. The van der Waals surface area contributed by atoms with Crippen molar-refractivity contribution in [3.63, 3.8) is 0 Å². The molecule has 0 aromatic carbocycles. The molecule has 7 nitrogen and oxygen atoms in total. The number of hydrogen-bond acceptors (Lipinski definition) is 5. The first-order valence-electron chi connectivity index (χ1n) is 6.33. The van der Waals surface area contributed by atoms with Crippen molar-refractivity contribution in [3.05, 3.63) is 23.4 Å². The van der Waals surface area contributed by atoms with Gasteiger partial charge in [0.25, 0.3) is 0 Å². The van der Waals surface area contributed by atoms with Gasteiger partial charge in [-0.2, -0.15) is 10.2 Å². The smallest absolute Gasteiger partial charge is 0.216 e. The SMILES string of the molecule is COc1c(CNCCCc2ncn[nH]2)c(C)nn1C. The van der Waals surface area contributed by atoms with Crippen molar-refractivity contribution < 1.29 is 4.74 Å². The van der Waals surface area contributed by atoms with Crippen LogP contribution < -0.4 is 10.1 Å². The second-order valence-corrected chi connectivity index (χ2v) is 4.41. The summed E-state index contributed by atoms with van der Waals surface area (Å²) in [5.41, 5.74) is 2.12. The Kier molecular flexibility index (Phi) is 4.51. The highest BCUT2D eigenvalue weighted by molar-refractivity contribution is 5.30. The Hall–Kier alpha value is -1.89. The molecule has 0 amide bonds. The van der Waals surface area contributed by atoms with Crippen LogP contribution in [0.1, 0.15) is 23.5 Å². The van der Waals surface area contributed by atoms with Crippen molar-refractivity contribution in [2.45, 2.75) is 26.3 Å². The number of aromatic amines is 1. The molecule has 2 rings (SSSR count). The van der Waals surface area contributed by atoms with Gasteiger partial charge in [0.15, 0.2) is 0 Å². The molecular weight excluding hydrogens is 244 g/mol. The summed E-state index contributed by atoms with van der Waals surface area (Å²) in [6.45, 7) is 3.67. The first-order valence-corrected chi connectivity index (χ1v) is 6.33. The molecule has 0 atom stereocenters. The molecule has 0 aliphatic heterocycles. The first-order chi connectivity index (χ1) is 9.22. The fourth-order valence-electron chi connectivity index (χ4n) is 2.09. The fourth-order valence-corrected chi connectivity index (χ4v) is 2.09. The maximum absolute atomic E-state index is 5.35. The van der Waals surface area contributed by atoms with E-state index in [2.05, 4.69) is 25.6 Å². The molecule has 0 saturated carbocycles. The van der Waals surface area contributed by atoms with E-state index < -0.39 is 0 Å². The van der Waals surface area contributed by atoms with Gasteiger partial charge in [-0.3, -0.25) is 5.10 Å². The number of aryl methyl sites for hydroxylation is 3. The van der Waals surface area contributed by atoms with E-state index in [1.807, 2.05) is 14.0 Å². The summed E-state index contributed by atoms with van der Waals surface area (Å²) in [5, 5.41) is 14.4. The second kappa shape index (κ2) is 6.33. The van der Waals surface area contributed by atoms with Crippen LogP contribution in [0.3, 0.4) is 0 Å². The summed E-state index contributed by atoms with van der Waals surface area (Å²) < 4.78 is 7.11. The normalized spacial score (nSPS) is 10.9. The minimum absolute atomic E-state index is 0.763. The second-order valence-electron chi connectivity index (χ2n) is 4.41. The molecule has 0 radical (unpaired) electrons. The zero-order chi connectivity index (χ0) is 13.7. The summed E-state index contributed by atoms with van der Waals surface area (Å²) >= 11 is 0. The highest BCUT2D eigenvalue weighted by atomic mass is 16.5. The van der Waals surface area contributed by atoms with E-state index >= 15 is 0 Å². The average molecular weight is 264 g/mol. The number of rotatable bonds is 7. The van der Waals surface area contributed by atoms with Crippen LogP contribution in [0.4, 0.5) is 0 Å². The van der Waals surface area contributed by atoms with Crippen LogP contribution in [0, 0.1) is 6.92 Å². The summed E-state index contributed by atoms with van der Waals surface area (Å²) in [6.07, 6.45) is 3.44. The van der Waals surface area contributed by atoms with E-state index in [4.69, 9.17) is 4.74 Å². The predicted octanol–water partition coefficient (Wildman–Crippen LogP) is 0.578. The maximum Gasteiger partial charge on any atom is 0.216 e. The van der Waals surface area contributed by atoms with Gasteiger partial charge >= 0.3 is 0 Å². The van der Waals surface area contributed by atoms with Crippen LogP contribution in [0.5, 0.6) is 5.88 Å². The molecule has 19 heavy (non-hydrogen) atoms. The van der Waals surface area contributed by atoms with Gasteiger partial charge in [-0.15, -0.1) is 0 Å². The van der Waals surface area contributed by atoms with Crippen LogP contribution in [0.25, 0.3) is 0 Å². The van der Waals surface area contributed by atoms with Crippen molar-refractivity contribution in [2.24, 2.45) is 7.05 Å². The standard InChI is InChI=1S/C12H20N6O/c1-9-10(12(19-3)18(2)17-9)7-13-6-4-5-11-14-8-15-16-11/h8,13H,4-7H2,1-3H3,(H,14,15,16). The van der Waals surface area contributed by atoms with Crippen LogP contribution in [-0.2, 0) is 20.0 Å². The Labute approximate surface area is 112 Å². The van der Waals surface area contributed by atoms with Crippen molar-refractivity contribution >= 4 is 0 Å². The van der Waals surface area contributed by atoms with Gasteiger partial charge in [0.05, 0.1) is 18.4 Å². The molecule has 0 aliphatic rings. The van der Waals surface area contributed by atoms with Gasteiger partial charge in [0, 0.05) is 20.0 Å². The van der Waals surface area contributed by atoms with Gasteiger partial charge in [0.2, 0.25) is 5.88 Å². The first kappa shape index (κ1) is 13.5. The number of methoxy groups -OCH3 is 1. The lowest BCUT2D eigenvalue weighted by molar-refractivity contribution is 0.368. The van der Waals surface area contributed by atoms with E-state index in [0.717, 1.165) is 48.9 Å². The van der Waals surface area contributed by atoms with E-state index in [1.54, 1.807) is 11.8 Å². The largest absolute Gasteiger partial charge is 0.481 e. The van der Waals surface area contributed by atoms with Crippen LogP contribution >= 0.6 is 0 Å². The highest BCUT2D eigenvalue weighted by Gasteiger charge is 2.12. The lowest BCUT2D eigenvalue weighted by Gasteiger charge is -2.06. The van der Waals surface area contributed by atoms with Crippen LogP contribution in [0.2, 0.25) is 0 Å². The van der Waals surface area contributed by atoms with Crippen molar-refractivity contribution in [3.8, 4) is 5.88 Å². The number of nitrogens with zero attached hydrogens (tertiary/aromatic N) is 4. The molecule has 0 spiro atoms. The Morgan fingerprint density at radius 1 is 1.47 bits per heavy atom. The third-order valence-corrected chi connectivity index (χ3v) is 3.02. The molecule has 0 saturated heterocycles. The third kappa shape index (κ3) is 3.31. The van der Waals surface area contributed by atoms with E-state index in [9.17, 15) is 0 Å². The molecule has 7 heteroatoms. The van der Waals surface area contributed by atoms with Gasteiger partial charge < -0.3 is 10.1 Å². The minimum atomic E-state index is 0.763. The number of nitrogens with one attached hydrogen (secondary N) is 2. The van der Waals surface area contributed by atoms with Crippen molar-refractivity contribution in [2.75, 3.05) is 13.7 Å². The van der Waals surface area contributed by atoms with Gasteiger partial charge in [-0.1, -0.05) is 0 Å². The molecule has 104 valence electrons. The maximum atomic E-state index is 5.35.